The van der Waals surface area contributed by atoms with E-state index in [1.54, 1.807) is 24.3 Å². The third kappa shape index (κ3) is 8.46. The lowest BCUT2D eigenvalue weighted by atomic mass is 10.2. The molecule has 0 radical (unpaired) electrons. The first-order chi connectivity index (χ1) is 18.6. The summed E-state index contributed by atoms with van der Waals surface area (Å²) < 4.78 is 64.7. The number of benzene rings is 3. The van der Waals surface area contributed by atoms with Gasteiger partial charge in [0.15, 0.2) is 5.11 Å². The molecule has 0 aliphatic heterocycles. The normalized spacial score (nSPS) is 11.0. The summed E-state index contributed by atoms with van der Waals surface area (Å²) in [4.78, 5) is 12.9. The molecule has 5 N–H and O–H groups in total. The van der Waals surface area contributed by atoms with Gasteiger partial charge >= 0.3 is 6.18 Å². The molecule has 1 heterocycles. The number of rotatable bonds is 9. The van der Waals surface area contributed by atoms with Crippen LogP contribution in [0.2, 0.25) is 0 Å². The third-order valence-electron chi connectivity index (χ3n) is 5.12. The molecule has 0 saturated heterocycles. The van der Waals surface area contributed by atoms with Crippen molar-refractivity contribution in [3.8, 4) is 0 Å². The van der Waals surface area contributed by atoms with Crippen LogP contribution in [0.4, 0.5) is 45.5 Å². The molecule has 202 valence electrons. The van der Waals surface area contributed by atoms with Gasteiger partial charge in [0, 0.05) is 18.8 Å². The third-order valence-corrected chi connectivity index (χ3v) is 5.33. The van der Waals surface area contributed by atoms with Crippen molar-refractivity contribution in [1.82, 2.24) is 20.4 Å². The zero-order chi connectivity index (χ0) is 27.8. The Kier molecular flexibility index (Phi) is 8.66. The predicted octanol–water partition coefficient (Wildman–Crippen LogP) is 5.71. The molecule has 0 atom stereocenters. The van der Waals surface area contributed by atoms with Crippen LogP contribution in [0.3, 0.4) is 0 Å². The highest BCUT2D eigenvalue weighted by molar-refractivity contribution is 7.80. The second-order valence-corrected chi connectivity index (χ2v) is 8.45. The van der Waals surface area contributed by atoms with Gasteiger partial charge in [0.2, 0.25) is 17.8 Å². The van der Waals surface area contributed by atoms with Crippen molar-refractivity contribution in [2.24, 2.45) is 0 Å². The van der Waals surface area contributed by atoms with Crippen LogP contribution in [-0.2, 0) is 19.3 Å². The SMILES string of the molecule is Fc1ccc(CNc2nc(NCc3ccc(F)cc3)nc(NNC(=S)Nc3ccc(C(F)(F)F)cc3)n2)cc1. The van der Waals surface area contributed by atoms with Crippen LogP contribution in [-0.4, -0.2) is 20.1 Å². The number of anilines is 4. The molecule has 0 unspecified atom stereocenters. The van der Waals surface area contributed by atoms with Gasteiger partial charge in [-0.1, -0.05) is 24.3 Å². The van der Waals surface area contributed by atoms with E-state index in [-0.39, 0.29) is 34.6 Å². The van der Waals surface area contributed by atoms with Gasteiger partial charge in [-0.2, -0.15) is 28.1 Å². The molecule has 4 rings (SSSR count). The molecule has 3 aromatic carbocycles. The van der Waals surface area contributed by atoms with Crippen molar-refractivity contribution in [3.05, 3.63) is 101 Å². The number of hydrogen-bond acceptors (Lipinski definition) is 7. The monoisotopic (exact) mass is 560 g/mol. The van der Waals surface area contributed by atoms with Gasteiger partial charge in [0.1, 0.15) is 11.6 Å². The largest absolute Gasteiger partial charge is 0.416 e. The van der Waals surface area contributed by atoms with E-state index in [4.69, 9.17) is 12.2 Å². The van der Waals surface area contributed by atoms with E-state index >= 15 is 0 Å². The summed E-state index contributed by atoms with van der Waals surface area (Å²) in [6.45, 7) is 0.588. The van der Waals surface area contributed by atoms with Crippen molar-refractivity contribution < 1.29 is 22.0 Å². The lowest BCUT2D eigenvalue weighted by molar-refractivity contribution is -0.137. The van der Waals surface area contributed by atoms with Crippen LogP contribution in [0.5, 0.6) is 0 Å². The molecule has 0 spiro atoms. The highest BCUT2D eigenvalue weighted by atomic mass is 32.1. The van der Waals surface area contributed by atoms with E-state index in [0.29, 0.717) is 18.8 Å². The molecule has 0 bridgehead atoms. The summed E-state index contributed by atoms with van der Waals surface area (Å²) in [5.41, 5.74) is 6.50. The molecule has 0 amide bonds. The van der Waals surface area contributed by atoms with E-state index in [1.807, 2.05) is 0 Å². The Hall–Kier alpha value is -4.59. The van der Waals surface area contributed by atoms with E-state index in [2.05, 4.69) is 41.8 Å². The second kappa shape index (κ2) is 12.3. The fourth-order valence-electron chi connectivity index (χ4n) is 3.17. The molecular weight excluding hydrogens is 539 g/mol. The van der Waals surface area contributed by atoms with E-state index in [0.717, 1.165) is 23.3 Å². The van der Waals surface area contributed by atoms with Crippen molar-refractivity contribution in [2.75, 3.05) is 21.4 Å². The zero-order valence-corrected chi connectivity index (χ0v) is 20.8. The number of alkyl halides is 3. The topological polar surface area (TPSA) is 98.8 Å². The van der Waals surface area contributed by atoms with Gasteiger partial charge in [-0.3, -0.25) is 10.9 Å². The second-order valence-electron chi connectivity index (χ2n) is 8.05. The zero-order valence-electron chi connectivity index (χ0n) is 20.0. The Balaban J connectivity index is 1.42. The maximum Gasteiger partial charge on any atom is 0.416 e. The van der Waals surface area contributed by atoms with Gasteiger partial charge in [-0.25, -0.2) is 8.78 Å². The molecule has 39 heavy (non-hydrogen) atoms. The Labute approximate surface area is 225 Å². The number of nitrogens with zero attached hydrogens (tertiary/aromatic N) is 3. The fraction of sp³-hybridized carbons (Fsp3) is 0.120. The van der Waals surface area contributed by atoms with Gasteiger partial charge in [0.25, 0.3) is 0 Å². The highest BCUT2D eigenvalue weighted by Crippen LogP contribution is 2.29. The molecule has 0 saturated carbocycles. The number of hydrogen-bond donors (Lipinski definition) is 5. The average molecular weight is 561 g/mol. The first kappa shape index (κ1) is 27.4. The number of halogens is 5. The van der Waals surface area contributed by atoms with Gasteiger partial charge < -0.3 is 16.0 Å². The summed E-state index contributed by atoms with van der Waals surface area (Å²) in [7, 11) is 0. The first-order valence-corrected chi connectivity index (χ1v) is 11.8. The van der Waals surface area contributed by atoms with Crippen LogP contribution >= 0.6 is 12.2 Å². The fourth-order valence-corrected chi connectivity index (χ4v) is 3.34. The molecule has 14 heteroatoms. The maximum absolute atomic E-state index is 13.2. The quantitative estimate of drug-likeness (QED) is 0.100. The molecule has 0 aliphatic rings. The number of thiocarbonyl (C=S) groups is 1. The number of hydrazine groups is 1. The first-order valence-electron chi connectivity index (χ1n) is 11.4. The van der Waals surface area contributed by atoms with E-state index in [9.17, 15) is 22.0 Å². The Bertz CT molecular complexity index is 1330. The summed E-state index contributed by atoms with van der Waals surface area (Å²) >= 11 is 5.19. The van der Waals surface area contributed by atoms with Crippen LogP contribution < -0.4 is 26.8 Å². The summed E-state index contributed by atoms with van der Waals surface area (Å²) in [5, 5.41) is 8.85. The van der Waals surface area contributed by atoms with Crippen LogP contribution in [0.25, 0.3) is 0 Å². The molecule has 4 aromatic rings. The summed E-state index contributed by atoms with van der Waals surface area (Å²) in [5.74, 6) is -0.289. The van der Waals surface area contributed by atoms with Crippen LogP contribution in [0.15, 0.2) is 72.8 Å². The van der Waals surface area contributed by atoms with Crippen molar-refractivity contribution in [3.63, 3.8) is 0 Å². The minimum Gasteiger partial charge on any atom is -0.350 e. The van der Waals surface area contributed by atoms with Gasteiger partial charge in [-0.05, 0) is 71.9 Å². The number of aromatic nitrogens is 3. The van der Waals surface area contributed by atoms with Crippen LogP contribution in [0, 0.1) is 11.6 Å². The predicted molar refractivity (Wildman–Crippen MR) is 142 cm³/mol. The average Bonchev–Trinajstić information content (AvgIpc) is 2.91. The number of nitrogens with one attached hydrogen (secondary N) is 5. The summed E-state index contributed by atoms with van der Waals surface area (Å²) in [6.07, 6.45) is -4.44. The molecule has 0 aliphatic carbocycles. The van der Waals surface area contributed by atoms with Gasteiger partial charge in [-0.15, -0.1) is 0 Å². The Morgan fingerprint density at radius 2 is 1.13 bits per heavy atom. The van der Waals surface area contributed by atoms with Crippen molar-refractivity contribution in [2.45, 2.75) is 19.3 Å². The lowest BCUT2D eigenvalue weighted by Crippen LogP contribution is -2.34. The molecule has 0 fully saturated rings. The Morgan fingerprint density at radius 3 is 1.59 bits per heavy atom. The minimum atomic E-state index is -4.44. The van der Waals surface area contributed by atoms with Crippen molar-refractivity contribution in [1.29, 1.82) is 0 Å². The smallest absolute Gasteiger partial charge is 0.350 e. The molecule has 1 aromatic heterocycles. The van der Waals surface area contributed by atoms with Gasteiger partial charge in [0.05, 0.1) is 5.56 Å². The Morgan fingerprint density at radius 1 is 0.667 bits per heavy atom. The summed E-state index contributed by atoms with van der Waals surface area (Å²) in [6, 6.07) is 16.2. The van der Waals surface area contributed by atoms with Crippen LogP contribution in [0.1, 0.15) is 16.7 Å². The highest BCUT2D eigenvalue weighted by Gasteiger charge is 2.29. The standard InChI is InChI=1S/C25H21F5N8S/c26-18-7-1-15(2-8-18)13-31-21-34-22(32-14-16-3-9-19(27)10-4-16)36-23(35-21)37-38-24(39)33-20-11-5-17(6-12-20)25(28,29)30/h1-12H,13-14H2,(H2,33,38,39)(H3,31,32,34,35,36,37). The molecule has 8 nitrogen and oxygen atoms in total. The molecular formula is C25H21F5N8S. The van der Waals surface area contributed by atoms with E-state index in [1.165, 1.54) is 36.4 Å². The maximum atomic E-state index is 13.2. The van der Waals surface area contributed by atoms with Crippen molar-refractivity contribution >= 4 is 40.9 Å². The minimum absolute atomic E-state index is 0.0387. The van der Waals surface area contributed by atoms with E-state index < -0.39 is 11.7 Å². The lowest BCUT2D eigenvalue weighted by Gasteiger charge is -2.14.